The Hall–Kier alpha value is -2.45. The first-order chi connectivity index (χ1) is 14.5. The summed E-state index contributed by atoms with van der Waals surface area (Å²) in [6.45, 7) is 1.35. The number of carbonyl (C=O) groups excluding carboxylic acids is 1. The molecular weight excluding hydrogens is 400 g/mol. The van der Waals surface area contributed by atoms with Crippen molar-refractivity contribution in [3.8, 4) is 0 Å². The molecule has 0 unspecified atom stereocenters. The van der Waals surface area contributed by atoms with Crippen molar-refractivity contribution >= 4 is 21.6 Å². The molecule has 2 aromatic rings. The van der Waals surface area contributed by atoms with E-state index >= 15 is 0 Å². The molecule has 0 atom stereocenters. The molecule has 2 heterocycles. The van der Waals surface area contributed by atoms with E-state index in [1.807, 2.05) is 18.2 Å². The van der Waals surface area contributed by atoms with E-state index in [1.165, 1.54) is 23.2 Å². The second kappa shape index (κ2) is 9.14. The van der Waals surface area contributed by atoms with Crippen molar-refractivity contribution < 1.29 is 13.2 Å². The van der Waals surface area contributed by atoms with Crippen molar-refractivity contribution in [3.05, 3.63) is 53.9 Å². The number of anilines is 1. The first kappa shape index (κ1) is 20.8. The molecule has 1 saturated carbocycles. The monoisotopic (exact) mass is 428 g/mol. The number of sulfonamides is 1. The lowest BCUT2D eigenvalue weighted by Crippen LogP contribution is -2.29. The van der Waals surface area contributed by atoms with Gasteiger partial charge in [-0.15, -0.1) is 0 Å². The SMILES string of the molecule is O=C(NCc1ccccn1)c1cc(NC2CCCC2)cc(S(=O)(=O)N2CCCC2)c1. The first-order valence-electron chi connectivity index (χ1n) is 10.6. The predicted molar refractivity (Wildman–Crippen MR) is 116 cm³/mol. The number of nitrogens with zero attached hydrogens (tertiary/aromatic N) is 2. The van der Waals surface area contributed by atoms with Gasteiger partial charge in [0.25, 0.3) is 5.91 Å². The molecule has 0 bridgehead atoms. The maximum atomic E-state index is 13.1. The normalized spacial score (nSPS) is 17.9. The highest BCUT2D eigenvalue weighted by Crippen LogP contribution is 2.28. The van der Waals surface area contributed by atoms with Gasteiger partial charge in [-0.2, -0.15) is 4.31 Å². The van der Waals surface area contributed by atoms with Crippen molar-refractivity contribution in [1.29, 1.82) is 0 Å². The van der Waals surface area contributed by atoms with E-state index in [1.54, 1.807) is 18.3 Å². The van der Waals surface area contributed by atoms with Gasteiger partial charge >= 0.3 is 0 Å². The van der Waals surface area contributed by atoms with Gasteiger partial charge in [-0.25, -0.2) is 8.42 Å². The van der Waals surface area contributed by atoms with Crippen molar-refractivity contribution in [3.63, 3.8) is 0 Å². The molecule has 2 aliphatic rings. The third-order valence-corrected chi connectivity index (χ3v) is 7.63. The van der Waals surface area contributed by atoms with Gasteiger partial charge in [-0.1, -0.05) is 18.9 Å². The summed E-state index contributed by atoms with van der Waals surface area (Å²) in [5.74, 6) is -0.311. The minimum Gasteiger partial charge on any atom is -0.382 e. The number of aromatic nitrogens is 1. The molecule has 30 heavy (non-hydrogen) atoms. The minimum absolute atomic E-state index is 0.176. The lowest BCUT2D eigenvalue weighted by Gasteiger charge is -2.19. The van der Waals surface area contributed by atoms with Crippen molar-refractivity contribution in [2.24, 2.45) is 0 Å². The summed E-state index contributed by atoms with van der Waals surface area (Å²) < 4.78 is 27.8. The van der Waals surface area contributed by atoms with Crippen LogP contribution in [0, 0.1) is 0 Å². The lowest BCUT2D eigenvalue weighted by molar-refractivity contribution is 0.0950. The minimum atomic E-state index is -3.62. The van der Waals surface area contributed by atoms with Crippen molar-refractivity contribution in [2.45, 2.75) is 56.0 Å². The number of pyridine rings is 1. The molecule has 2 fully saturated rings. The average molecular weight is 429 g/mol. The lowest BCUT2D eigenvalue weighted by atomic mass is 10.1. The Morgan fingerprint density at radius 1 is 1.07 bits per heavy atom. The van der Waals surface area contributed by atoms with Crippen LogP contribution in [-0.2, 0) is 16.6 Å². The Balaban J connectivity index is 1.60. The van der Waals surface area contributed by atoms with Gasteiger partial charge in [0.15, 0.2) is 0 Å². The molecule has 160 valence electrons. The number of benzene rings is 1. The zero-order valence-corrected chi connectivity index (χ0v) is 17.8. The van der Waals surface area contributed by atoms with Crippen LogP contribution in [0.5, 0.6) is 0 Å². The molecule has 0 spiro atoms. The maximum absolute atomic E-state index is 13.1. The average Bonchev–Trinajstić information content (AvgIpc) is 3.47. The summed E-state index contributed by atoms with van der Waals surface area (Å²) in [6.07, 6.45) is 7.87. The summed E-state index contributed by atoms with van der Waals surface area (Å²) in [5, 5.41) is 6.28. The Labute approximate surface area is 177 Å². The van der Waals surface area contributed by atoms with Gasteiger partial charge < -0.3 is 10.6 Å². The summed E-state index contributed by atoms with van der Waals surface area (Å²) in [4.78, 5) is 17.2. The van der Waals surface area contributed by atoms with Gasteiger partial charge in [-0.3, -0.25) is 9.78 Å². The molecule has 1 aromatic heterocycles. The van der Waals surface area contributed by atoms with Crippen LogP contribution >= 0.6 is 0 Å². The summed E-state index contributed by atoms with van der Waals surface area (Å²) >= 11 is 0. The van der Waals surface area contributed by atoms with Crippen molar-refractivity contribution in [1.82, 2.24) is 14.6 Å². The van der Waals surface area contributed by atoms with Crippen molar-refractivity contribution in [2.75, 3.05) is 18.4 Å². The second-order valence-electron chi connectivity index (χ2n) is 7.99. The fourth-order valence-electron chi connectivity index (χ4n) is 4.12. The zero-order chi connectivity index (χ0) is 21.0. The first-order valence-corrected chi connectivity index (χ1v) is 12.1. The van der Waals surface area contributed by atoms with E-state index in [4.69, 9.17) is 0 Å². The molecule has 1 saturated heterocycles. The number of amides is 1. The zero-order valence-electron chi connectivity index (χ0n) is 17.0. The maximum Gasteiger partial charge on any atom is 0.251 e. The number of carbonyl (C=O) groups is 1. The fraction of sp³-hybridized carbons (Fsp3) is 0.455. The Morgan fingerprint density at radius 3 is 2.53 bits per heavy atom. The summed E-state index contributed by atoms with van der Waals surface area (Å²) in [7, 11) is -3.62. The quantitative estimate of drug-likeness (QED) is 0.707. The van der Waals surface area contributed by atoms with Crippen LogP contribution in [0.15, 0.2) is 47.5 Å². The molecule has 4 rings (SSSR count). The summed E-state index contributed by atoms with van der Waals surface area (Å²) in [5.41, 5.74) is 1.77. The smallest absolute Gasteiger partial charge is 0.251 e. The van der Waals surface area contributed by atoms with Crippen LogP contribution in [0.3, 0.4) is 0 Å². The van der Waals surface area contributed by atoms with Crippen LogP contribution in [0.25, 0.3) is 0 Å². The Kier molecular flexibility index (Phi) is 6.34. The molecule has 1 aliphatic carbocycles. The molecular formula is C22H28N4O3S. The van der Waals surface area contributed by atoms with Crippen LogP contribution in [0.2, 0.25) is 0 Å². The number of hydrogen-bond donors (Lipinski definition) is 2. The van der Waals surface area contributed by atoms with Gasteiger partial charge in [0.2, 0.25) is 10.0 Å². The van der Waals surface area contributed by atoms with Gasteiger partial charge in [-0.05, 0) is 56.0 Å². The van der Waals surface area contributed by atoms with E-state index in [0.717, 1.165) is 31.4 Å². The summed E-state index contributed by atoms with van der Waals surface area (Å²) in [6, 6.07) is 10.7. The molecule has 1 aliphatic heterocycles. The Morgan fingerprint density at radius 2 is 1.83 bits per heavy atom. The number of rotatable bonds is 7. The highest BCUT2D eigenvalue weighted by Gasteiger charge is 2.28. The Bertz CT molecular complexity index is 983. The third kappa shape index (κ3) is 4.82. The van der Waals surface area contributed by atoms with Crippen LogP contribution < -0.4 is 10.6 Å². The highest BCUT2D eigenvalue weighted by molar-refractivity contribution is 7.89. The van der Waals surface area contributed by atoms with Gasteiger partial charge in [0.05, 0.1) is 17.1 Å². The van der Waals surface area contributed by atoms with E-state index in [2.05, 4.69) is 15.6 Å². The van der Waals surface area contributed by atoms with Crippen LogP contribution in [-0.4, -0.2) is 42.7 Å². The second-order valence-corrected chi connectivity index (χ2v) is 9.92. The van der Waals surface area contributed by atoms with E-state index in [-0.39, 0.29) is 17.3 Å². The standard InChI is InChI=1S/C22H28N4O3S/c27-22(24-16-19-9-3-4-10-23-19)17-13-20(25-18-7-1-2-8-18)15-21(14-17)30(28,29)26-11-5-6-12-26/h3-4,9-10,13-15,18,25H,1-2,5-8,11-12,16H2,(H,24,27). The molecule has 7 nitrogen and oxygen atoms in total. The molecule has 2 N–H and O–H groups in total. The number of hydrogen-bond acceptors (Lipinski definition) is 5. The van der Waals surface area contributed by atoms with E-state index in [9.17, 15) is 13.2 Å². The molecule has 8 heteroatoms. The molecule has 1 amide bonds. The highest BCUT2D eigenvalue weighted by atomic mass is 32.2. The topological polar surface area (TPSA) is 91.4 Å². The van der Waals surface area contributed by atoms with Gasteiger partial charge in [0.1, 0.15) is 0 Å². The van der Waals surface area contributed by atoms with Gasteiger partial charge in [0, 0.05) is 36.6 Å². The van der Waals surface area contributed by atoms with Crippen LogP contribution in [0.4, 0.5) is 5.69 Å². The fourth-order valence-corrected chi connectivity index (χ4v) is 5.71. The molecule has 0 radical (unpaired) electrons. The largest absolute Gasteiger partial charge is 0.382 e. The van der Waals surface area contributed by atoms with E-state index < -0.39 is 10.0 Å². The van der Waals surface area contributed by atoms with E-state index in [0.29, 0.717) is 30.4 Å². The molecule has 1 aromatic carbocycles. The van der Waals surface area contributed by atoms with Crippen LogP contribution in [0.1, 0.15) is 54.6 Å². The predicted octanol–water partition coefficient (Wildman–Crippen LogP) is 3.15. The number of nitrogens with one attached hydrogen (secondary N) is 2. The third-order valence-electron chi connectivity index (χ3n) is 5.75.